The Balaban J connectivity index is 0.000000292. The summed E-state index contributed by atoms with van der Waals surface area (Å²) in [4.78, 5) is 0. The van der Waals surface area contributed by atoms with Gasteiger partial charge in [0, 0.05) is 12.1 Å². The van der Waals surface area contributed by atoms with Crippen LogP contribution in [-0.4, -0.2) is 12.1 Å². The van der Waals surface area contributed by atoms with E-state index in [0.717, 1.165) is 12.8 Å². The Kier molecular flexibility index (Phi) is 10.3. The topological polar surface area (TPSA) is 52.0 Å². The number of nitrogens with two attached hydrogens (primary N) is 2. The van der Waals surface area contributed by atoms with Crippen LogP contribution in [0.2, 0.25) is 0 Å². The Bertz CT molecular complexity index is 84.7. The van der Waals surface area contributed by atoms with Crippen molar-refractivity contribution in [3.05, 3.63) is 0 Å². The van der Waals surface area contributed by atoms with E-state index in [9.17, 15) is 0 Å². The summed E-state index contributed by atoms with van der Waals surface area (Å²) in [5, 5.41) is 0. The van der Waals surface area contributed by atoms with Crippen molar-refractivity contribution in [2.75, 3.05) is 0 Å². The molecule has 2 unspecified atom stereocenters. The Morgan fingerprint density at radius 1 is 1.00 bits per heavy atom. The first kappa shape index (κ1) is 13.1. The average Bonchev–Trinajstić information content (AvgIpc) is 1.97. The van der Waals surface area contributed by atoms with Crippen LogP contribution in [0, 0.1) is 0 Å². The van der Waals surface area contributed by atoms with Crippen molar-refractivity contribution in [1.29, 1.82) is 0 Å². The molecule has 5 heteroatoms. The van der Waals surface area contributed by atoms with Crippen LogP contribution in [0.25, 0.3) is 0 Å². The molecule has 4 N–H and O–H groups in total. The molecule has 0 aliphatic heterocycles. The summed E-state index contributed by atoms with van der Waals surface area (Å²) in [5.74, 6) is 0. The van der Waals surface area contributed by atoms with E-state index in [4.69, 9.17) is 11.5 Å². The molecule has 0 radical (unpaired) electrons. The quantitative estimate of drug-likeness (QED) is 0.444. The van der Waals surface area contributed by atoms with Crippen molar-refractivity contribution < 1.29 is 11.2 Å². The molecule has 0 bridgehead atoms. The van der Waals surface area contributed by atoms with Gasteiger partial charge in [0.15, 0.2) is 0 Å². The van der Waals surface area contributed by atoms with Gasteiger partial charge in [-0.1, -0.05) is 12.8 Å². The van der Waals surface area contributed by atoms with Crippen LogP contribution < -0.4 is 11.5 Å². The molecular weight excluding hydrogens is 549 g/mol. The minimum atomic E-state index is 0.281. The van der Waals surface area contributed by atoms with Crippen molar-refractivity contribution in [3.8, 4) is 0 Å². The summed E-state index contributed by atoms with van der Waals surface area (Å²) in [5.41, 5.74) is 11.3. The van der Waals surface area contributed by atoms with Gasteiger partial charge in [-0.05, 0) is 12.8 Å². The van der Waals surface area contributed by atoms with E-state index in [1.54, 1.807) is 0 Å². The summed E-state index contributed by atoms with van der Waals surface area (Å²) < 4.78 is 0. The molecule has 1 rings (SSSR count). The van der Waals surface area contributed by atoms with Gasteiger partial charge in [0.2, 0.25) is 0 Å². The van der Waals surface area contributed by atoms with E-state index in [1.807, 2.05) is 0 Å². The number of hydrogen-bond donors (Lipinski definition) is 2. The van der Waals surface area contributed by atoms with E-state index >= 15 is 0 Å². The Labute approximate surface area is 97.8 Å². The molecule has 0 spiro atoms. The van der Waals surface area contributed by atoms with Gasteiger partial charge in [0.1, 0.15) is 0 Å². The van der Waals surface area contributed by atoms with Gasteiger partial charge in [-0.3, -0.25) is 0 Å². The molecule has 0 aromatic rings. The average molecular weight is 563 g/mol. The van der Waals surface area contributed by atoms with Crippen molar-refractivity contribution in [2.45, 2.75) is 37.8 Å². The normalized spacial score (nSPS) is 30.9. The van der Waals surface area contributed by atoms with Gasteiger partial charge >= 0.3 is 49.9 Å². The fourth-order valence-electron chi connectivity index (χ4n) is 1.19. The molecule has 72 valence electrons. The monoisotopic (exact) mass is 563 g/mol. The molecule has 0 aromatic carbocycles. The molecule has 2 atom stereocenters. The Morgan fingerprint density at radius 2 is 1.27 bits per heavy atom. The second-order valence-corrected chi connectivity index (χ2v) is 19.3. The van der Waals surface area contributed by atoms with Crippen LogP contribution in [0.5, 0.6) is 0 Å². The third kappa shape index (κ3) is 7.16. The van der Waals surface area contributed by atoms with E-state index in [2.05, 4.69) is 38.7 Å². The first-order chi connectivity index (χ1) is 5.22. The van der Waals surface area contributed by atoms with E-state index in [-0.39, 0.29) is 12.1 Å². The zero-order valence-corrected chi connectivity index (χ0v) is 12.8. The standard InChI is InChI=1S/C6H14N2.2HI.Pt/c7-5-3-1-2-4-6(5)8;;;/h5-6H,1-4,7-8H2;2*1H;/q;;;+2/p-2. The minimum absolute atomic E-state index is 0.281. The maximum atomic E-state index is 5.65. The SMILES string of the molecule is NC1CCCCC1N.[I][Pt][I]. The number of halogens is 2. The summed E-state index contributed by atoms with van der Waals surface area (Å²) in [6, 6.07) is 0.562. The van der Waals surface area contributed by atoms with E-state index in [1.165, 1.54) is 12.8 Å². The van der Waals surface area contributed by atoms with Crippen molar-refractivity contribution in [1.82, 2.24) is 0 Å². The predicted molar refractivity (Wildman–Crippen MR) is 62.5 cm³/mol. The molecule has 1 fully saturated rings. The molecule has 0 saturated heterocycles. The van der Waals surface area contributed by atoms with Crippen LogP contribution in [0.3, 0.4) is 0 Å². The third-order valence-corrected chi connectivity index (χ3v) is 1.87. The van der Waals surface area contributed by atoms with E-state index in [0.29, 0.717) is 11.2 Å². The van der Waals surface area contributed by atoms with Crippen LogP contribution in [0.4, 0.5) is 0 Å². The third-order valence-electron chi connectivity index (χ3n) is 1.87. The molecule has 11 heavy (non-hydrogen) atoms. The number of rotatable bonds is 0. The molecular formula is C6H14I2N2Pt. The number of hydrogen-bond acceptors (Lipinski definition) is 2. The fraction of sp³-hybridized carbons (Fsp3) is 1.00. The second-order valence-electron chi connectivity index (χ2n) is 2.66. The molecule has 1 saturated carbocycles. The first-order valence-electron chi connectivity index (χ1n) is 3.56. The predicted octanol–water partition coefficient (Wildman–Crippen LogP) is 1.98. The molecule has 1 aliphatic rings. The summed E-state index contributed by atoms with van der Waals surface area (Å²) in [7, 11) is 0. The maximum absolute atomic E-state index is 5.65. The zero-order chi connectivity index (χ0) is 8.69. The van der Waals surface area contributed by atoms with Gasteiger partial charge in [-0.25, -0.2) is 0 Å². The van der Waals surface area contributed by atoms with Crippen molar-refractivity contribution in [2.24, 2.45) is 11.5 Å². The van der Waals surface area contributed by atoms with Crippen LogP contribution in [0.1, 0.15) is 25.7 Å². The Hall–Kier alpha value is 2.07. The molecule has 0 aromatic heterocycles. The van der Waals surface area contributed by atoms with Gasteiger partial charge in [0.25, 0.3) is 0 Å². The molecule has 0 amide bonds. The van der Waals surface area contributed by atoms with Gasteiger partial charge in [-0.2, -0.15) is 0 Å². The zero-order valence-electron chi connectivity index (χ0n) is 6.21. The summed E-state index contributed by atoms with van der Waals surface area (Å²) in [6.07, 6.45) is 4.80. The Morgan fingerprint density at radius 3 is 1.45 bits per heavy atom. The van der Waals surface area contributed by atoms with Crippen LogP contribution in [0.15, 0.2) is 0 Å². The van der Waals surface area contributed by atoms with Crippen molar-refractivity contribution >= 4 is 38.7 Å². The first-order valence-corrected chi connectivity index (χ1v) is 16.4. The fourth-order valence-corrected chi connectivity index (χ4v) is 1.19. The van der Waals surface area contributed by atoms with Gasteiger partial charge in [-0.15, -0.1) is 0 Å². The van der Waals surface area contributed by atoms with Crippen LogP contribution in [-0.2, 0) is 11.2 Å². The van der Waals surface area contributed by atoms with E-state index < -0.39 is 0 Å². The molecule has 1 aliphatic carbocycles. The second kappa shape index (κ2) is 8.66. The molecule has 2 nitrogen and oxygen atoms in total. The van der Waals surface area contributed by atoms with Crippen LogP contribution >= 0.6 is 38.7 Å². The summed E-state index contributed by atoms with van der Waals surface area (Å²) >= 11 is 5.30. The summed E-state index contributed by atoms with van der Waals surface area (Å²) in [6.45, 7) is 0. The van der Waals surface area contributed by atoms with Crippen molar-refractivity contribution in [3.63, 3.8) is 0 Å². The van der Waals surface area contributed by atoms with Gasteiger partial charge < -0.3 is 11.5 Å². The van der Waals surface area contributed by atoms with Gasteiger partial charge in [0.05, 0.1) is 0 Å². The molecule has 0 heterocycles.